The van der Waals surface area contributed by atoms with E-state index in [2.05, 4.69) is 10.1 Å². The van der Waals surface area contributed by atoms with Crippen LogP contribution in [0.5, 0.6) is 0 Å². The lowest BCUT2D eigenvalue weighted by atomic mass is 10.2. The number of anilines is 1. The number of hydrogen-bond donors (Lipinski definition) is 0. The van der Waals surface area contributed by atoms with Gasteiger partial charge >= 0.3 is 0 Å². The molecule has 1 aromatic heterocycles. The molecule has 0 unspecified atom stereocenters. The van der Waals surface area contributed by atoms with E-state index in [1.807, 2.05) is 30.3 Å². The highest BCUT2D eigenvalue weighted by Crippen LogP contribution is 2.22. The quantitative estimate of drug-likeness (QED) is 0.567. The predicted molar refractivity (Wildman–Crippen MR) is 110 cm³/mol. The molecule has 152 valence electrons. The van der Waals surface area contributed by atoms with Crippen LogP contribution in [0, 0.1) is 0 Å². The number of hydrogen-bond acceptors (Lipinski definition) is 6. The van der Waals surface area contributed by atoms with Gasteiger partial charge in [-0.3, -0.25) is 9.10 Å². The monoisotopic (exact) mass is 434 g/mol. The second-order valence-corrected chi connectivity index (χ2v) is 8.72. The number of rotatable bonds is 7. The highest BCUT2D eigenvalue weighted by Gasteiger charge is 2.24. The molecule has 0 aliphatic heterocycles. The van der Waals surface area contributed by atoms with Crippen LogP contribution in [0.3, 0.4) is 0 Å². The topological polar surface area (TPSA) is 96.6 Å². The van der Waals surface area contributed by atoms with Crippen molar-refractivity contribution in [3.8, 4) is 11.4 Å². The van der Waals surface area contributed by atoms with E-state index >= 15 is 0 Å². The summed E-state index contributed by atoms with van der Waals surface area (Å²) >= 11 is 5.95. The molecule has 3 aromatic rings. The first kappa shape index (κ1) is 20.8. The zero-order chi connectivity index (χ0) is 21.0. The van der Waals surface area contributed by atoms with E-state index in [1.165, 1.54) is 18.0 Å². The number of sulfonamides is 1. The maximum absolute atomic E-state index is 12.6. The van der Waals surface area contributed by atoms with Crippen LogP contribution < -0.4 is 4.31 Å². The van der Waals surface area contributed by atoms with Gasteiger partial charge in [-0.1, -0.05) is 53.2 Å². The number of carbonyl (C=O) groups is 1. The van der Waals surface area contributed by atoms with Crippen molar-refractivity contribution < 1.29 is 17.7 Å². The summed E-state index contributed by atoms with van der Waals surface area (Å²) in [6, 6.07) is 15.6. The van der Waals surface area contributed by atoms with Gasteiger partial charge < -0.3 is 9.42 Å². The molecule has 1 amide bonds. The number of carbonyl (C=O) groups excluding carboxylic acids is 1. The van der Waals surface area contributed by atoms with Crippen molar-refractivity contribution in [3.63, 3.8) is 0 Å². The van der Waals surface area contributed by atoms with Crippen LogP contribution in [0.2, 0.25) is 5.02 Å². The smallest absolute Gasteiger partial charge is 0.246 e. The molecule has 0 bridgehead atoms. The van der Waals surface area contributed by atoms with E-state index in [-0.39, 0.29) is 19.0 Å². The third kappa shape index (κ3) is 5.33. The molecular formula is C19H19ClN4O4S. The Kier molecular flexibility index (Phi) is 6.19. The van der Waals surface area contributed by atoms with Gasteiger partial charge in [0.05, 0.1) is 18.5 Å². The minimum Gasteiger partial charge on any atom is -0.337 e. The van der Waals surface area contributed by atoms with Gasteiger partial charge in [-0.15, -0.1) is 0 Å². The van der Waals surface area contributed by atoms with Crippen molar-refractivity contribution >= 4 is 33.2 Å². The lowest BCUT2D eigenvalue weighted by Crippen LogP contribution is -2.41. The molecule has 0 saturated heterocycles. The average Bonchev–Trinajstić information content (AvgIpc) is 3.14. The first-order valence-electron chi connectivity index (χ1n) is 8.59. The van der Waals surface area contributed by atoms with Crippen LogP contribution in [-0.4, -0.2) is 49.2 Å². The van der Waals surface area contributed by atoms with Crippen LogP contribution in [0.4, 0.5) is 5.69 Å². The first-order chi connectivity index (χ1) is 13.7. The zero-order valence-corrected chi connectivity index (χ0v) is 17.4. The Morgan fingerprint density at radius 2 is 1.86 bits per heavy atom. The third-order valence-electron chi connectivity index (χ3n) is 4.07. The minimum absolute atomic E-state index is 0.0474. The Morgan fingerprint density at radius 3 is 2.52 bits per heavy atom. The van der Waals surface area contributed by atoms with Gasteiger partial charge in [0.2, 0.25) is 27.6 Å². The third-order valence-corrected chi connectivity index (χ3v) is 5.45. The molecule has 10 heteroatoms. The second kappa shape index (κ2) is 8.62. The fraction of sp³-hybridized carbons (Fsp3) is 0.211. The van der Waals surface area contributed by atoms with Crippen LogP contribution in [0.1, 0.15) is 5.89 Å². The molecule has 3 rings (SSSR count). The maximum Gasteiger partial charge on any atom is 0.246 e. The molecular weight excluding hydrogens is 416 g/mol. The van der Waals surface area contributed by atoms with Crippen LogP contribution in [0.15, 0.2) is 59.1 Å². The molecule has 2 aromatic carbocycles. The molecule has 0 saturated carbocycles. The minimum atomic E-state index is -3.69. The van der Waals surface area contributed by atoms with E-state index < -0.39 is 15.9 Å². The number of amides is 1. The summed E-state index contributed by atoms with van der Waals surface area (Å²) in [5, 5.41) is 4.28. The summed E-state index contributed by atoms with van der Waals surface area (Å²) < 4.78 is 30.6. The fourth-order valence-corrected chi connectivity index (χ4v) is 3.62. The van der Waals surface area contributed by atoms with Crippen molar-refractivity contribution in [1.82, 2.24) is 15.0 Å². The Morgan fingerprint density at radius 1 is 1.14 bits per heavy atom. The van der Waals surface area contributed by atoms with Gasteiger partial charge in [0.1, 0.15) is 6.54 Å². The molecule has 0 aliphatic rings. The average molecular weight is 435 g/mol. The van der Waals surface area contributed by atoms with Gasteiger partial charge in [-0.25, -0.2) is 8.42 Å². The molecule has 0 spiro atoms. The SMILES string of the molecule is CN(Cc1nc(-c2ccccc2)no1)C(=O)CN(c1cccc(Cl)c1)S(C)(=O)=O. The van der Waals surface area contributed by atoms with E-state index in [1.54, 1.807) is 18.2 Å². The first-order valence-corrected chi connectivity index (χ1v) is 10.8. The van der Waals surface area contributed by atoms with Crippen molar-refractivity contribution in [2.45, 2.75) is 6.54 Å². The van der Waals surface area contributed by atoms with Crippen LogP contribution >= 0.6 is 11.6 Å². The number of aromatic nitrogens is 2. The number of halogens is 1. The normalized spacial score (nSPS) is 11.3. The zero-order valence-electron chi connectivity index (χ0n) is 15.8. The van der Waals surface area contributed by atoms with Gasteiger partial charge in [0, 0.05) is 17.6 Å². The summed E-state index contributed by atoms with van der Waals surface area (Å²) in [5.74, 6) is 0.223. The van der Waals surface area contributed by atoms with Crippen LogP contribution in [-0.2, 0) is 21.4 Å². The van der Waals surface area contributed by atoms with Crippen molar-refractivity contribution in [2.75, 3.05) is 24.2 Å². The summed E-state index contributed by atoms with van der Waals surface area (Å²) in [5.41, 5.74) is 1.10. The molecule has 29 heavy (non-hydrogen) atoms. The summed E-state index contributed by atoms with van der Waals surface area (Å²) in [4.78, 5) is 18.2. The Hall–Kier alpha value is -2.91. The van der Waals surface area contributed by atoms with Gasteiger partial charge in [0.25, 0.3) is 0 Å². The molecule has 1 heterocycles. The fourth-order valence-electron chi connectivity index (χ4n) is 2.59. The summed E-state index contributed by atoms with van der Waals surface area (Å²) in [7, 11) is -2.16. The summed E-state index contributed by atoms with van der Waals surface area (Å²) in [6.07, 6.45) is 1.03. The van der Waals surface area contributed by atoms with E-state index in [0.29, 0.717) is 16.5 Å². The van der Waals surface area contributed by atoms with E-state index in [4.69, 9.17) is 16.1 Å². The maximum atomic E-state index is 12.6. The van der Waals surface area contributed by atoms with E-state index in [0.717, 1.165) is 16.1 Å². The van der Waals surface area contributed by atoms with E-state index in [9.17, 15) is 13.2 Å². The molecule has 0 N–H and O–H groups in total. The number of benzene rings is 2. The standard InChI is InChI=1S/C19H19ClN4O4S/c1-23(12-17-21-19(22-28-17)14-7-4-3-5-8-14)18(25)13-24(29(2,26)27)16-10-6-9-15(20)11-16/h3-11H,12-13H2,1-2H3. The Balaban J connectivity index is 1.71. The lowest BCUT2D eigenvalue weighted by Gasteiger charge is -2.24. The predicted octanol–water partition coefficient (Wildman–Crippen LogP) is 2.81. The molecule has 0 radical (unpaired) electrons. The lowest BCUT2D eigenvalue weighted by molar-refractivity contribution is -0.129. The molecule has 8 nitrogen and oxygen atoms in total. The van der Waals surface area contributed by atoms with Gasteiger partial charge in [-0.05, 0) is 18.2 Å². The Bertz CT molecular complexity index is 1100. The second-order valence-electron chi connectivity index (χ2n) is 6.38. The number of likely N-dealkylation sites (N-methyl/N-ethyl adjacent to an activating group) is 1. The van der Waals surface area contributed by atoms with Gasteiger partial charge in [0.15, 0.2) is 0 Å². The molecule has 0 atom stereocenters. The van der Waals surface area contributed by atoms with Crippen molar-refractivity contribution in [1.29, 1.82) is 0 Å². The van der Waals surface area contributed by atoms with Crippen molar-refractivity contribution in [3.05, 3.63) is 65.5 Å². The highest BCUT2D eigenvalue weighted by molar-refractivity contribution is 7.92. The number of nitrogens with zero attached hydrogens (tertiary/aromatic N) is 4. The Labute approximate surface area is 173 Å². The molecule has 0 fully saturated rings. The highest BCUT2D eigenvalue weighted by atomic mass is 35.5. The largest absolute Gasteiger partial charge is 0.337 e. The van der Waals surface area contributed by atoms with Crippen LogP contribution in [0.25, 0.3) is 11.4 Å². The van der Waals surface area contributed by atoms with Crippen molar-refractivity contribution in [2.24, 2.45) is 0 Å². The van der Waals surface area contributed by atoms with Gasteiger partial charge in [-0.2, -0.15) is 4.98 Å². The summed E-state index contributed by atoms with van der Waals surface area (Å²) in [6.45, 7) is -0.332. The molecule has 0 aliphatic carbocycles.